The van der Waals surface area contributed by atoms with E-state index >= 15 is 0 Å². The van der Waals surface area contributed by atoms with Gasteiger partial charge in [0.25, 0.3) is 0 Å². The van der Waals surface area contributed by atoms with E-state index in [4.69, 9.17) is 14.2 Å². The molecule has 0 spiro atoms. The minimum Gasteiger partial charge on any atom is -0.466 e. The number of esters is 1. The molecule has 0 aliphatic rings. The molecule has 0 rings (SSSR count). The fraction of sp³-hybridized carbons (Fsp3) is 0.923. The van der Waals surface area contributed by atoms with Crippen molar-refractivity contribution in [3.05, 3.63) is 0 Å². The van der Waals surface area contributed by atoms with Gasteiger partial charge in [0.2, 0.25) is 0 Å². The van der Waals surface area contributed by atoms with Crippen molar-refractivity contribution in [1.29, 1.82) is 0 Å². The number of ether oxygens (including phenoxy) is 3. The van der Waals surface area contributed by atoms with Crippen LogP contribution in [0.3, 0.4) is 0 Å². The highest BCUT2D eigenvalue weighted by molar-refractivity contribution is 5.72. The summed E-state index contributed by atoms with van der Waals surface area (Å²) in [5.41, 5.74) is 0. The van der Waals surface area contributed by atoms with Crippen molar-refractivity contribution in [3.63, 3.8) is 0 Å². The number of unbranched alkanes of at least 4 members (excludes halogenated alkanes) is 1. The van der Waals surface area contributed by atoms with Gasteiger partial charge in [-0.15, -0.1) is 0 Å². The molecule has 0 aromatic carbocycles. The Kier molecular flexibility index (Phi) is 12.3. The molecule has 0 aliphatic heterocycles. The Bertz CT molecular complexity index is 199. The van der Waals surface area contributed by atoms with Gasteiger partial charge in [0.05, 0.1) is 25.7 Å². The third-order valence-corrected chi connectivity index (χ3v) is 2.46. The van der Waals surface area contributed by atoms with E-state index in [0.29, 0.717) is 26.4 Å². The molecule has 0 fully saturated rings. The highest BCUT2D eigenvalue weighted by Gasteiger charge is 2.12. The van der Waals surface area contributed by atoms with Gasteiger partial charge < -0.3 is 19.5 Å². The highest BCUT2D eigenvalue weighted by Crippen LogP contribution is 1.97. The summed E-state index contributed by atoms with van der Waals surface area (Å²) in [7, 11) is 1.66. The van der Waals surface area contributed by atoms with Gasteiger partial charge in [-0.25, -0.2) is 0 Å². The second-order valence-electron chi connectivity index (χ2n) is 4.17. The highest BCUT2D eigenvalue weighted by atomic mass is 16.5. The Hall–Kier alpha value is -0.650. The van der Waals surface area contributed by atoms with E-state index in [-0.39, 0.29) is 11.9 Å². The fourth-order valence-electron chi connectivity index (χ4n) is 1.38. The molecule has 0 radical (unpaired) electrons. The lowest BCUT2D eigenvalue weighted by atomic mass is 10.2. The number of hydrogen-bond acceptors (Lipinski definition) is 5. The van der Waals surface area contributed by atoms with Crippen LogP contribution in [0.2, 0.25) is 0 Å². The van der Waals surface area contributed by atoms with Gasteiger partial charge in [0.15, 0.2) is 0 Å². The maximum absolute atomic E-state index is 11.3. The van der Waals surface area contributed by atoms with Crippen LogP contribution in [0.25, 0.3) is 0 Å². The lowest BCUT2D eigenvalue weighted by Crippen LogP contribution is -2.28. The smallest absolute Gasteiger partial charge is 0.309 e. The predicted octanol–water partition coefficient (Wildman–Crippen LogP) is 1.22. The summed E-state index contributed by atoms with van der Waals surface area (Å²) < 4.78 is 15.1. The molecule has 5 nitrogen and oxygen atoms in total. The van der Waals surface area contributed by atoms with Crippen LogP contribution in [0.4, 0.5) is 0 Å². The standard InChI is InChI=1S/C13H27NO4/c1-4-18-13(15)12(2)11-14-7-5-6-8-17-10-9-16-3/h12,14H,4-11H2,1-3H3. The molecule has 108 valence electrons. The van der Waals surface area contributed by atoms with E-state index in [2.05, 4.69) is 5.32 Å². The summed E-state index contributed by atoms with van der Waals surface area (Å²) >= 11 is 0. The Morgan fingerprint density at radius 2 is 2.00 bits per heavy atom. The van der Waals surface area contributed by atoms with Crippen LogP contribution in [0, 0.1) is 5.92 Å². The first kappa shape index (κ1) is 17.4. The van der Waals surface area contributed by atoms with Crippen LogP contribution >= 0.6 is 0 Å². The molecule has 0 bridgehead atoms. The second kappa shape index (κ2) is 12.8. The van der Waals surface area contributed by atoms with E-state index < -0.39 is 0 Å². The molecule has 18 heavy (non-hydrogen) atoms. The summed E-state index contributed by atoms with van der Waals surface area (Å²) in [5.74, 6) is -0.212. The number of hydrogen-bond donors (Lipinski definition) is 1. The molecule has 0 aromatic heterocycles. The molecule has 0 aromatic rings. The van der Waals surface area contributed by atoms with Crippen LogP contribution in [0.5, 0.6) is 0 Å². The minimum absolute atomic E-state index is 0.0806. The van der Waals surface area contributed by atoms with Crippen LogP contribution in [0.1, 0.15) is 26.7 Å². The fourth-order valence-corrected chi connectivity index (χ4v) is 1.38. The molecule has 5 heteroatoms. The van der Waals surface area contributed by atoms with E-state index in [1.165, 1.54) is 0 Å². The number of methoxy groups -OCH3 is 1. The molecule has 0 heterocycles. The van der Waals surface area contributed by atoms with Gasteiger partial charge in [-0.3, -0.25) is 4.79 Å². The second-order valence-corrected chi connectivity index (χ2v) is 4.17. The van der Waals surface area contributed by atoms with E-state index in [1.807, 2.05) is 13.8 Å². The van der Waals surface area contributed by atoms with Gasteiger partial charge in [0.1, 0.15) is 0 Å². The van der Waals surface area contributed by atoms with Crippen LogP contribution in [0.15, 0.2) is 0 Å². The van der Waals surface area contributed by atoms with Gasteiger partial charge >= 0.3 is 5.97 Å². The Labute approximate surface area is 110 Å². The average Bonchev–Trinajstić information content (AvgIpc) is 2.36. The van der Waals surface area contributed by atoms with Gasteiger partial charge in [-0.2, -0.15) is 0 Å². The summed E-state index contributed by atoms with van der Waals surface area (Å²) in [6, 6.07) is 0. The SMILES string of the molecule is CCOC(=O)C(C)CNCCCCOCCOC. The lowest BCUT2D eigenvalue weighted by molar-refractivity contribution is -0.147. The van der Waals surface area contributed by atoms with E-state index in [9.17, 15) is 4.79 Å². The quantitative estimate of drug-likeness (QED) is 0.423. The van der Waals surface area contributed by atoms with E-state index in [0.717, 1.165) is 26.0 Å². The summed E-state index contributed by atoms with van der Waals surface area (Å²) in [6.45, 7) is 7.78. The van der Waals surface area contributed by atoms with Gasteiger partial charge in [0, 0.05) is 20.3 Å². The zero-order chi connectivity index (χ0) is 13.6. The molecule has 0 amide bonds. The Morgan fingerprint density at radius 1 is 1.22 bits per heavy atom. The van der Waals surface area contributed by atoms with Crippen LogP contribution in [-0.2, 0) is 19.0 Å². The maximum atomic E-state index is 11.3. The molecule has 0 aliphatic carbocycles. The number of carbonyl (C=O) groups excluding carboxylic acids is 1. The summed E-state index contributed by atoms with van der Waals surface area (Å²) in [4.78, 5) is 11.3. The maximum Gasteiger partial charge on any atom is 0.309 e. The van der Waals surface area contributed by atoms with Crippen LogP contribution in [-0.4, -0.2) is 52.6 Å². The predicted molar refractivity (Wildman–Crippen MR) is 70.6 cm³/mol. The molecular weight excluding hydrogens is 234 g/mol. The molecule has 1 atom stereocenters. The third kappa shape index (κ3) is 10.5. The number of rotatable bonds is 12. The van der Waals surface area contributed by atoms with Crippen molar-refractivity contribution in [2.24, 2.45) is 5.92 Å². The van der Waals surface area contributed by atoms with Gasteiger partial charge in [-0.05, 0) is 26.3 Å². The first-order chi connectivity index (χ1) is 8.72. The molecular formula is C13H27NO4. The normalized spacial score (nSPS) is 12.4. The zero-order valence-corrected chi connectivity index (χ0v) is 11.9. The lowest BCUT2D eigenvalue weighted by Gasteiger charge is -2.11. The summed E-state index contributed by atoms with van der Waals surface area (Å²) in [5, 5.41) is 3.25. The molecule has 1 unspecified atom stereocenters. The van der Waals surface area contributed by atoms with Crippen LogP contribution < -0.4 is 5.32 Å². The van der Waals surface area contributed by atoms with E-state index in [1.54, 1.807) is 7.11 Å². The first-order valence-corrected chi connectivity index (χ1v) is 6.66. The molecule has 1 N–H and O–H groups in total. The minimum atomic E-state index is -0.132. The van der Waals surface area contributed by atoms with Gasteiger partial charge in [-0.1, -0.05) is 6.92 Å². The van der Waals surface area contributed by atoms with Crippen molar-refractivity contribution in [1.82, 2.24) is 5.32 Å². The molecule has 0 saturated heterocycles. The number of nitrogens with one attached hydrogen (secondary N) is 1. The zero-order valence-electron chi connectivity index (χ0n) is 11.9. The van der Waals surface area contributed by atoms with Crippen molar-refractivity contribution in [2.45, 2.75) is 26.7 Å². The largest absolute Gasteiger partial charge is 0.466 e. The first-order valence-electron chi connectivity index (χ1n) is 6.66. The number of carbonyl (C=O) groups is 1. The Balaban J connectivity index is 3.22. The van der Waals surface area contributed by atoms with Crippen molar-refractivity contribution >= 4 is 5.97 Å². The summed E-state index contributed by atoms with van der Waals surface area (Å²) in [6.07, 6.45) is 2.06. The average molecular weight is 261 g/mol. The Morgan fingerprint density at radius 3 is 2.67 bits per heavy atom. The van der Waals surface area contributed by atoms with Crippen molar-refractivity contribution in [2.75, 3.05) is 46.6 Å². The monoisotopic (exact) mass is 261 g/mol. The molecule has 0 saturated carbocycles. The third-order valence-electron chi connectivity index (χ3n) is 2.46. The van der Waals surface area contributed by atoms with Crippen molar-refractivity contribution < 1.29 is 19.0 Å². The van der Waals surface area contributed by atoms with Crippen molar-refractivity contribution in [3.8, 4) is 0 Å². The topological polar surface area (TPSA) is 56.8 Å².